The van der Waals surface area contributed by atoms with Crippen molar-refractivity contribution >= 4 is 22.0 Å². The molecule has 0 bridgehead atoms. The zero-order chi connectivity index (χ0) is 25.8. The molecule has 0 spiro atoms. The van der Waals surface area contributed by atoms with Crippen LogP contribution in [-0.4, -0.2) is 74.7 Å². The van der Waals surface area contributed by atoms with Gasteiger partial charge in [-0.05, 0) is 30.2 Å². The maximum absolute atomic E-state index is 13.6. The minimum atomic E-state index is -3.63. The van der Waals surface area contributed by atoms with E-state index in [2.05, 4.69) is 30.6 Å². The fraction of sp³-hybridized carbons (Fsp3) is 0.409. The molecule has 2 atom stereocenters. The number of hydrogen-bond donors (Lipinski definition) is 3. The molecule has 188 valence electrons. The number of benzene rings is 1. The van der Waals surface area contributed by atoms with E-state index in [0.29, 0.717) is 28.3 Å². The summed E-state index contributed by atoms with van der Waals surface area (Å²) in [4.78, 5) is 8.96. The Hall–Kier alpha value is -3.29. The number of aliphatic hydroxyl groups is 2. The summed E-state index contributed by atoms with van der Waals surface area (Å²) in [6.45, 7) is 3.78. The Bertz CT molecular complexity index is 1270. The molecule has 3 N–H and O–H groups in total. The third-order valence-corrected chi connectivity index (χ3v) is 6.37. The van der Waals surface area contributed by atoms with E-state index in [1.165, 1.54) is 37.4 Å². The monoisotopic (exact) mass is 505 g/mol. The highest BCUT2D eigenvalue weighted by Gasteiger charge is 2.22. The van der Waals surface area contributed by atoms with Crippen LogP contribution in [-0.2, 0) is 16.4 Å². The number of halogens is 1. The molecule has 2 aromatic heterocycles. The van der Waals surface area contributed by atoms with E-state index in [4.69, 9.17) is 0 Å². The number of sulfonamides is 1. The summed E-state index contributed by atoms with van der Waals surface area (Å²) in [7, 11) is -2.28. The van der Waals surface area contributed by atoms with Crippen LogP contribution in [0.2, 0.25) is 0 Å². The second-order valence-electron chi connectivity index (χ2n) is 8.41. The average molecular weight is 506 g/mol. The van der Waals surface area contributed by atoms with Crippen molar-refractivity contribution in [3.8, 4) is 11.3 Å². The molecule has 2 heterocycles. The summed E-state index contributed by atoms with van der Waals surface area (Å²) in [6.07, 6.45) is 2.39. The van der Waals surface area contributed by atoms with Crippen molar-refractivity contribution in [3.05, 3.63) is 53.2 Å². The van der Waals surface area contributed by atoms with E-state index in [1.807, 2.05) is 13.8 Å². The Labute approximate surface area is 202 Å². The van der Waals surface area contributed by atoms with Gasteiger partial charge in [-0.25, -0.2) is 27.1 Å². The van der Waals surface area contributed by atoms with Gasteiger partial charge in [0.15, 0.2) is 5.82 Å². The van der Waals surface area contributed by atoms with E-state index in [1.54, 1.807) is 6.08 Å². The van der Waals surface area contributed by atoms with E-state index in [0.717, 1.165) is 10.6 Å². The molecule has 0 radical (unpaired) electrons. The van der Waals surface area contributed by atoms with Crippen LogP contribution in [0.3, 0.4) is 0 Å². The van der Waals surface area contributed by atoms with Gasteiger partial charge in [0.25, 0.3) is 0 Å². The number of aromatic nitrogens is 6. The number of nitrogens with one attached hydrogen (secondary N) is 1. The van der Waals surface area contributed by atoms with Crippen molar-refractivity contribution in [1.82, 2.24) is 30.6 Å². The summed E-state index contributed by atoms with van der Waals surface area (Å²) in [6, 6.07) is 5.63. The quantitative estimate of drug-likeness (QED) is 0.373. The number of nitrogens with zero attached hydrogens (tertiary/aromatic N) is 6. The first-order chi connectivity index (χ1) is 16.5. The number of aromatic amines is 1. The van der Waals surface area contributed by atoms with E-state index < -0.39 is 28.0 Å². The Kier molecular flexibility index (Phi) is 8.25. The minimum absolute atomic E-state index is 0.0175. The van der Waals surface area contributed by atoms with Gasteiger partial charge >= 0.3 is 0 Å². The van der Waals surface area contributed by atoms with Gasteiger partial charge < -0.3 is 10.2 Å². The van der Waals surface area contributed by atoms with Crippen molar-refractivity contribution in [1.29, 1.82) is 0 Å². The first-order valence-electron chi connectivity index (χ1n) is 10.8. The number of rotatable bonds is 10. The summed E-state index contributed by atoms with van der Waals surface area (Å²) < 4.78 is 38.8. The molecule has 13 heteroatoms. The largest absolute Gasteiger partial charge is 0.393 e. The van der Waals surface area contributed by atoms with Crippen molar-refractivity contribution in [2.75, 3.05) is 17.6 Å². The highest BCUT2D eigenvalue weighted by Crippen LogP contribution is 2.31. The second kappa shape index (κ2) is 11.0. The third kappa shape index (κ3) is 6.87. The number of H-pyrrole nitrogens is 1. The predicted molar refractivity (Wildman–Crippen MR) is 128 cm³/mol. The van der Waals surface area contributed by atoms with Crippen molar-refractivity contribution in [2.24, 2.45) is 0 Å². The Morgan fingerprint density at radius 3 is 2.43 bits per heavy atom. The fourth-order valence-corrected chi connectivity index (χ4v) is 3.70. The van der Waals surface area contributed by atoms with Gasteiger partial charge in [-0.1, -0.05) is 31.2 Å². The van der Waals surface area contributed by atoms with Crippen LogP contribution in [0, 0.1) is 5.82 Å². The van der Waals surface area contributed by atoms with Crippen molar-refractivity contribution in [2.45, 2.75) is 44.8 Å². The first-order valence-corrected chi connectivity index (χ1v) is 12.7. The molecule has 3 aromatic rings. The van der Waals surface area contributed by atoms with Crippen LogP contribution in [0.1, 0.15) is 43.3 Å². The van der Waals surface area contributed by atoms with Crippen molar-refractivity contribution < 1.29 is 23.0 Å². The van der Waals surface area contributed by atoms with Crippen LogP contribution in [0.25, 0.3) is 17.3 Å². The molecule has 0 fully saturated rings. The summed E-state index contributed by atoms with van der Waals surface area (Å²) in [5.74, 6) is -0.259. The van der Waals surface area contributed by atoms with Gasteiger partial charge in [0.05, 0.1) is 29.9 Å². The Balaban J connectivity index is 2.01. The van der Waals surface area contributed by atoms with Gasteiger partial charge in [-0.2, -0.15) is 5.21 Å². The highest BCUT2D eigenvalue weighted by molar-refractivity contribution is 7.92. The minimum Gasteiger partial charge on any atom is -0.393 e. The van der Waals surface area contributed by atoms with Crippen LogP contribution < -0.4 is 4.31 Å². The van der Waals surface area contributed by atoms with Gasteiger partial charge in [0.2, 0.25) is 16.0 Å². The van der Waals surface area contributed by atoms with Crippen LogP contribution >= 0.6 is 0 Å². The molecule has 0 aliphatic heterocycles. The Morgan fingerprint density at radius 1 is 1.17 bits per heavy atom. The van der Waals surface area contributed by atoms with E-state index in [-0.39, 0.29) is 24.7 Å². The molecule has 11 nitrogen and oxygen atoms in total. The molecule has 1 aromatic carbocycles. The third-order valence-electron chi connectivity index (χ3n) is 5.21. The van der Waals surface area contributed by atoms with Gasteiger partial charge in [0, 0.05) is 31.0 Å². The SMILES string of the molecule is CC(C)c1nc(N(C)S(C)(=O)=O)nc(-c2ccc(F)cc2)c1/C=C/[C@@H](O)C[C@@H](O)Cc1nn[nH]n1. The standard InChI is InChI=1S/C22H28FN7O4S/c1-13(2)20-18(10-9-16(31)11-17(32)12-19-26-28-29-27-19)21(14-5-7-15(23)8-6-14)25-22(24-20)30(3)35(4,33)34/h5-10,13,16-17,31-32H,11-12H2,1-4H3,(H,26,27,28,29)/b10-9+/t16-,17-/m1/s1. The molecule has 0 saturated carbocycles. The van der Waals surface area contributed by atoms with E-state index >= 15 is 0 Å². The van der Waals surface area contributed by atoms with Crippen LogP contribution in [0.15, 0.2) is 30.3 Å². The normalized spacial score (nSPS) is 13.9. The van der Waals surface area contributed by atoms with Crippen LogP contribution in [0.5, 0.6) is 0 Å². The summed E-state index contributed by atoms with van der Waals surface area (Å²) >= 11 is 0. The zero-order valence-electron chi connectivity index (χ0n) is 19.8. The molecule has 0 saturated heterocycles. The maximum Gasteiger partial charge on any atom is 0.239 e. The van der Waals surface area contributed by atoms with Gasteiger partial charge in [-0.15, -0.1) is 10.2 Å². The van der Waals surface area contributed by atoms with Crippen LogP contribution in [0.4, 0.5) is 10.3 Å². The molecule has 0 aliphatic carbocycles. The van der Waals surface area contributed by atoms with Gasteiger partial charge in [-0.3, -0.25) is 0 Å². The lowest BCUT2D eigenvalue weighted by Gasteiger charge is -2.20. The molecular formula is C22H28FN7O4S. The summed E-state index contributed by atoms with van der Waals surface area (Å²) in [5, 5.41) is 34.0. The molecular weight excluding hydrogens is 477 g/mol. The molecule has 0 aliphatic rings. The second-order valence-corrected chi connectivity index (χ2v) is 10.4. The predicted octanol–water partition coefficient (Wildman–Crippen LogP) is 1.68. The fourth-order valence-electron chi connectivity index (χ4n) is 3.32. The smallest absolute Gasteiger partial charge is 0.239 e. The molecule has 35 heavy (non-hydrogen) atoms. The summed E-state index contributed by atoms with van der Waals surface area (Å²) in [5.41, 5.74) is 2.01. The lowest BCUT2D eigenvalue weighted by Crippen LogP contribution is -2.27. The lowest BCUT2D eigenvalue weighted by atomic mass is 9.97. The highest BCUT2D eigenvalue weighted by atomic mass is 32.2. The number of aliphatic hydroxyl groups excluding tert-OH is 2. The number of tetrazole rings is 1. The molecule has 3 rings (SSSR count). The average Bonchev–Trinajstić information content (AvgIpc) is 3.29. The Morgan fingerprint density at radius 2 is 1.86 bits per heavy atom. The lowest BCUT2D eigenvalue weighted by molar-refractivity contribution is 0.103. The van der Waals surface area contributed by atoms with E-state index in [9.17, 15) is 23.0 Å². The zero-order valence-corrected chi connectivity index (χ0v) is 20.6. The molecule has 0 amide bonds. The maximum atomic E-state index is 13.6. The number of hydrogen-bond acceptors (Lipinski definition) is 9. The number of anilines is 1. The topological polar surface area (TPSA) is 158 Å². The first kappa shape index (κ1) is 26.3. The van der Waals surface area contributed by atoms with Gasteiger partial charge in [0.1, 0.15) is 5.82 Å². The van der Waals surface area contributed by atoms with Crippen molar-refractivity contribution in [3.63, 3.8) is 0 Å². The molecule has 0 unspecified atom stereocenters.